The summed E-state index contributed by atoms with van der Waals surface area (Å²) >= 11 is 0. The minimum absolute atomic E-state index is 0.00871. The summed E-state index contributed by atoms with van der Waals surface area (Å²) in [4.78, 5) is 40.3. The van der Waals surface area contributed by atoms with Crippen molar-refractivity contribution in [3.05, 3.63) is 36.0 Å². The molecule has 0 aliphatic carbocycles. The first-order valence-corrected chi connectivity index (χ1v) is 25.1. The summed E-state index contributed by atoms with van der Waals surface area (Å²) in [6, 6.07) is 0. The molecule has 0 aromatic rings. The summed E-state index contributed by atoms with van der Waals surface area (Å²) in [6.07, 6.45) is 46.2. The fourth-order valence-electron chi connectivity index (χ4n) is 7.07. The molecule has 1 atom stereocenters. The van der Waals surface area contributed by atoms with Crippen molar-refractivity contribution in [2.75, 3.05) is 47.1 Å². The van der Waals surface area contributed by atoms with Gasteiger partial charge < -0.3 is 23.8 Å². The van der Waals surface area contributed by atoms with Crippen molar-refractivity contribution in [3.8, 4) is 0 Å². The summed E-state index contributed by atoms with van der Waals surface area (Å²) < 4.78 is 22.0. The zero-order chi connectivity index (χ0) is 44.0. The molecule has 0 radical (unpaired) electrons. The molecule has 350 valence electrons. The molecule has 0 fully saturated rings. The number of nitrogens with zero attached hydrogens (tertiary/aromatic N) is 1. The number of hydrogen-bond acceptors (Lipinski definition) is 8. The van der Waals surface area contributed by atoms with Crippen LogP contribution in [0.3, 0.4) is 0 Å². The van der Waals surface area contributed by atoms with E-state index in [1.165, 1.54) is 116 Å². The van der Waals surface area contributed by atoms with E-state index in [9.17, 15) is 14.4 Å². The van der Waals surface area contributed by atoms with E-state index < -0.39 is 12.1 Å². The van der Waals surface area contributed by atoms with Crippen LogP contribution in [0, 0.1) is 5.92 Å². The smallest absolute Gasteiger partial charge is 0.465 e. The molecule has 0 aliphatic rings. The van der Waals surface area contributed by atoms with Crippen molar-refractivity contribution in [3.63, 3.8) is 0 Å². The SMILES string of the molecule is CCCCC/C=C\C/C=C\CCCCCCCC(=O)OCC(COC(=O)C=C(CCCCCCCCCC)CCCCCCCCCC)COC(=O)OCCCCN(C)C. The number of unbranched alkanes of at least 4 members (excludes halogenated alkanes) is 23. The van der Waals surface area contributed by atoms with Crippen molar-refractivity contribution < 1.29 is 33.3 Å². The van der Waals surface area contributed by atoms with Crippen molar-refractivity contribution in [1.82, 2.24) is 4.90 Å². The molecule has 0 spiro atoms. The second kappa shape index (κ2) is 45.9. The average molecular weight is 846 g/mol. The summed E-state index contributed by atoms with van der Waals surface area (Å²) in [5.41, 5.74) is 1.16. The fraction of sp³-hybridized carbons (Fsp3) is 0.827. The van der Waals surface area contributed by atoms with Crippen molar-refractivity contribution in [1.29, 1.82) is 0 Å². The topological polar surface area (TPSA) is 91.4 Å². The monoisotopic (exact) mass is 846 g/mol. The maximum absolute atomic E-state index is 13.2. The van der Waals surface area contributed by atoms with Gasteiger partial charge >= 0.3 is 18.1 Å². The molecule has 8 heteroatoms. The van der Waals surface area contributed by atoms with Gasteiger partial charge in [0, 0.05) is 12.5 Å². The van der Waals surface area contributed by atoms with Crippen LogP contribution in [0.4, 0.5) is 4.79 Å². The quantitative estimate of drug-likeness (QED) is 0.0197. The fourth-order valence-corrected chi connectivity index (χ4v) is 7.07. The molecule has 0 bridgehead atoms. The zero-order valence-electron chi connectivity index (χ0n) is 39.9. The van der Waals surface area contributed by atoms with Gasteiger partial charge in [-0.2, -0.15) is 0 Å². The minimum atomic E-state index is -0.759. The second-order valence-electron chi connectivity index (χ2n) is 17.3. The lowest BCUT2D eigenvalue weighted by Crippen LogP contribution is -2.26. The third kappa shape index (κ3) is 43.5. The lowest BCUT2D eigenvalue weighted by molar-refractivity contribution is -0.148. The van der Waals surface area contributed by atoms with Crippen LogP contribution >= 0.6 is 0 Å². The van der Waals surface area contributed by atoms with Crippen LogP contribution in [0.1, 0.15) is 226 Å². The highest BCUT2D eigenvalue weighted by atomic mass is 16.7. The van der Waals surface area contributed by atoms with Crippen LogP contribution in [0.5, 0.6) is 0 Å². The Morgan fingerprint density at radius 1 is 0.467 bits per heavy atom. The predicted octanol–water partition coefficient (Wildman–Crippen LogP) is 15.0. The van der Waals surface area contributed by atoms with E-state index in [4.69, 9.17) is 18.9 Å². The predicted molar refractivity (Wildman–Crippen MR) is 252 cm³/mol. The Labute approximate surface area is 370 Å². The third-order valence-corrected chi connectivity index (χ3v) is 11.0. The van der Waals surface area contributed by atoms with Crippen LogP contribution in [-0.2, 0) is 28.5 Å². The Bertz CT molecular complexity index is 1050. The van der Waals surface area contributed by atoms with Gasteiger partial charge in [-0.1, -0.05) is 173 Å². The Balaban J connectivity index is 4.97. The first-order valence-electron chi connectivity index (χ1n) is 25.1. The molecule has 0 N–H and O–H groups in total. The number of rotatable bonds is 44. The molecule has 1 unspecified atom stereocenters. The number of carbonyl (C=O) groups excluding carboxylic acids is 3. The highest BCUT2D eigenvalue weighted by molar-refractivity contribution is 5.82. The van der Waals surface area contributed by atoms with Crippen molar-refractivity contribution in [2.45, 2.75) is 226 Å². The van der Waals surface area contributed by atoms with E-state index in [2.05, 4.69) is 50.0 Å². The molecule has 0 heterocycles. The highest BCUT2D eigenvalue weighted by Gasteiger charge is 2.18. The number of esters is 2. The van der Waals surface area contributed by atoms with Crippen LogP contribution < -0.4 is 0 Å². The van der Waals surface area contributed by atoms with Crippen LogP contribution in [-0.4, -0.2) is 70.1 Å². The molecule has 0 saturated carbocycles. The second-order valence-corrected chi connectivity index (χ2v) is 17.3. The van der Waals surface area contributed by atoms with E-state index in [-0.39, 0.29) is 38.4 Å². The molecule has 0 saturated heterocycles. The normalized spacial score (nSPS) is 12.0. The Kier molecular flexibility index (Phi) is 43.9. The first-order chi connectivity index (χ1) is 29.3. The number of carbonyl (C=O) groups is 3. The van der Waals surface area contributed by atoms with Crippen molar-refractivity contribution in [2.24, 2.45) is 5.92 Å². The molecule has 8 nitrogen and oxygen atoms in total. The van der Waals surface area contributed by atoms with Gasteiger partial charge in [0.15, 0.2) is 0 Å². The third-order valence-electron chi connectivity index (χ3n) is 11.0. The molecular formula is C52H95NO7. The summed E-state index contributed by atoms with van der Waals surface area (Å²) in [6.45, 7) is 7.87. The largest absolute Gasteiger partial charge is 0.508 e. The molecule has 0 aromatic heterocycles. The minimum Gasteiger partial charge on any atom is -0.465 e. The molecular weight excluding hydrogens is 751 g/mol. The standard InChI is InChI=1S/C52H95NO7/c1-6-9-12-15-18-21-22-23-24-25-26-27-30-33-36-41-50(54)58-45-49(47-60-52(56)57-43-38-37-42-53(4)5)46-59-51(55)44-48(39-34-31-28-19-16-13-10-7-2)40-35-32-29-20-17-14-11-8-3/h18,21,23-24,44,49H,6-17,19-20,22,25-43,45-47H2,1-5H3/b21-18-,24-23-. The van der Waals surface area contributed by atoms with E-state index in [1.807, 2.05) is 14.1 Å². The maximum Gasteiger partial charge on any atom is 0.508 e. The number of hydrogen-bond donors (Lipinski definition) is 0. The lowest BCUT2D eigenvalue weighted by Gasteiger charge is -2.17. The lowest BCUT2D eigenvalue weighted by atomic mass is 9.99. The van der Waals surface area contributed by atoms with Gasteiger partial charge in [0.2, 0.25) is 0 Å². The maximum atomic E-state index is 13.2. The van der Waals surface area contributed by atoms with Gasteiger partial charge in [-0.3, -0.25) is 4.79 Å². The summed E-state index contributed by atoms with van der Waals surface area (Å²) in [7, 11) is 4.02. The van der Waals surface area contributed by atoms with Gasteiger partial charge in [0.25, 0.3) is 0 Å². The van der Waals surface area contributed by atoms with E-state index in [0.717, 1.165) is 95.6 Å². The highest BCUT2D eigenvalue weighted by Crippen LogP contribution is 2.20. The first kappa shape index (κ1) is 57.4. The zero-order valence-corrected chi connectivity index (χ0v) is 39.9. The van der Waals surface area contributed by atoms with Gasteiger partial charge in [0.05, 0.1) is 12.5 Å². The number of allylic oxidation sites excluding steroid dienone is 5. The van der Waals surface area contributed by atoms with E-state index in [1.54, 1.807) is 6.08 Å². The summed E-state index contributed by atoms with van der Waals surface area (Å²) in [5.74, 6) is -1.14. The number of ether oxygens (including phenoxy) is 4. The Morgan fingerprint density at radius 3 is 1.47 bits per heavy atom. The van der Waals surface area contributed by atoms with Gasteiger partial charge in [-0.05, 0) is 97.7 Å². The average Bonchev–Trinajstić information content (AvgIpc) is 3.23. The van der Waals surface area contributed by atoms with E-state index in [0.29, 0.717) is 6.42 Å². The van der Waals surface area contributed by atoms with Crippen LogP contribution in [0.15, 0.2) is 36.0 Å². The molecule has 0 aromatic carbocycles. The van der Waals surface area contributed by atoms with Crippen LogP contribution in [0.25, 0.3) is 0 Å². The molecule has 0 rings (SSSR count). The molecule has 0 aliphatic heterocycles. The molecule has 0 amide bonds. The van der Waals surface area contributed by atoms with Crippen molar-refractivity contribution >= 4 is 18.1 Å². The Morgan fingerprint density at radius 2 is 0.917 bits per heavy atom. The van der Waals surface area contributed by atoms with Gasteiger partial charge in [0.1, 0.15) is 19.8 Å². The molecule has 60 heavy (non-hydrogen) atoms. The van der Waals surface area contributed by atoms with E-state index >= 15 is 0 Å². The summed E-state index contributed by atoms with van der Waals surface area (Å²) in [5, 5.41) is 0. The van der Waals surface area contributed by atoms with Gasteiger partial charge in [-0.25, -0.2) is 9.59 Å². The van der Waals surface area contributed by atoms with Crippen LogP contribution in [0.2, 0.25) is 0 Å². The van der Waals surface area contributed by atoms with Gasteiger partial charge in [-0.15, -0.1) is 0 Å². The Hall–Kier alpha value is -2.61.